The lowest BCUT2D eigenvalue weighted by Gasteiger charge is -2.46. The van der Waals surface area contributed by atoms with Crippen LogP contribution in [0.25, 0.3) is 0 Å². The van der Waals surface area contributed by atoms with Crippen molar-refractivity contribution in [2.24, 2.45) is 5.92 Å². The Kier molecular flexibility index (Phi) is 3.42. The van der Waals surface area contributed by atoms with E-state index in [0.717, 1.165) is 6.42 Å². The lowest BCUT2D eigenvalue weighted by Crippen LogP contribution is -2.57. The first-order valence-corrected chi connectivity index (χ1v) is 7.60. The van der Waals surface area contributed by atoms with E-state index in [4.69, 9.17) is 14.2 Å². The number of aliphatic hydroxyl groups is 2. The molecule has 0 radical (unpaired) electrons. The quantitative estimate of drug-likeness (QED) is 0.798. The molecule has 2 heterocycles. The summed E-state index contributed by atoms with van der Waals surface area (Å²) < 4.78 is 17.6. The van der Waals surface area contributed by atoms with Crippen LogP contribution in [0.4, 0.5) is 0 Å². The molecule has 0 aromatic carbocycles. The second kappa shape index (κ2) is 4.65. The van der Waals surface area contributed by atoms with Gasteiger partial charge >= 0.3 is 0 Å². The number of ether oxygens (including phenoxy) is 3. The average Bonchev–Trinajstić information content (AvgIpc) is 3.02. The van der Waals surface area contributed by atoms with Crippen LogP contribution in [0.15, 0.2) is 0 Å². The van der Waals surface area contributed by atoms with E-state index in [0.29, 0.717) is 12.8 Å². The van der Waals surface area contributed by atoms with Crippen molar-refractivity contribution in [1.29, 1.82) is 0 Å². The summed E-state index contributed by atoms with van der Waals surface area (Å²) in [7, 11) is 0. The van der Waals surface area contributed by atoms with Gasteiger partial charge in [0, 0.05) is 18.8 Å². The van der Waals surface area contributed by atoms with Gasteiger partial charge in [-0.2, -0.15) is 0 Å². The second-order valence-corrected chi connectivity index (χ2v) is 7.28. The number of fused-ring (bicyclic) bond motifs is 1. The average molecular weight is 286 g/mol. The maximum absolute atomic E-state index is 10.6. The molecule has 20 heavy (non-hydrogen) atoms. The standard InChI is InChI=1S/C15H26O5/c1-8-6-15(4,17)13(9(2)18-8)20-12-7-14(3,16)10-5-11(10)19-12/h8-13,16-17H,5-7H2,1-4H3. The van der Waals surface area contributed by atoms with Crippen LogP contribution in [0.5, 0.6) is 0 Å². The van der Waals surface area contributed by atoms with E-state index in [9.17, 15) is 10.2 Å². The number of hydrogen-bond acceptors (Lipinski definition) is 5. The van der Waals surface area contributed by atoms with Gasteiger partial charge in [-0.25, -0.2) is 0 Å². The predicted octanol–water partition coefficient (Wildman–Crippen LogP) is 1.21. The zero-order chi connectivity index (χ0) is 14.7. The molecule has 0 amide bonds. The lowest BCUT2D eigenvalue weighted by molar-refractivity contribution is -0.293. The molecule has 2 aliphatic heterocycles. The predicted molar refractivity (Wildman–Crippen MR) is 72.1 cm³/mol. The molecule has 5 nitrogen and oxygen atoms in total. The molecule has 1 aliphatic carbocycles. The molecule has 2 saturated heterocycles. The van der Waals surface area contributed by atoms with Gasteiger partial charge in [0.05, 0.1) is 29.5 Å². The third kappa shape index (κ3) is 2.62. The Hall–Kier alpha value is -0.200. The smallest absolute Gasteiger partial charge is 0.161 e. The summed E-state index contributed by atoms with van der Waals surface area (Å²) in [5.41, 5.74) is -1.67. The molecule has 2 N–H and O–H groups in total. The molecule has 8 atom stereocenters. The third-order valence-electron chi connectivity index (χ3n) is 4.92. The van der Waals surface area contributed by atoms with Crippen molar-refractivity contribution in [1.82, 2.24) is 0 Å². The lowest BCUT2D eigenvalue weighted by atomic mass is 9.86. The number of hydrogen-bond donors (Lipinski definition) is 2. The Labute approximate surface area is 120 Å². The van der Waals surface area contributed by atoms with Crippen molar-refractivity contribution in [2.75, 3.05) is 0 Å². The highest BCUT2D eigenvalue weighted by Gasteiger charge is 2.57. The molecular formula is C15H26O5. The van der Waals surface area contributed by atoms with Gasteiger partial charge in [0.2, 0.25) is 0 Å². The minimum absolute atomic E-state index is 0.0167. The largest absolute Gasteiger partial charge is 0.390 e. The van der Waals surface area contributed by atoms with E-state index in [2.05, 4.69) is 0 Å². The normalized spacial score (nSPS) is 59.1. The first-order valence-electron chi connectivity index (χ1n) is 7.60. The van der Waals surface area contributed by atoms with Crippen LogP contribution in [0.3, 0.4) is 0 Å². The monoisotopic (exact) mass is 286 g/mol. The Balaban J connectivity index is 1.67. The molecule has 3 fully saturated rings. The Morgan fingerprint density at radius 1 is 1.05 bits per heavy atom. The maximum Gasteiger partial charge on any atom is 0.161 e. The minimum atomic E-state index is -0.938. The fraction of sp³-hybridized carbons (Fsp3) is 1.00. The van der Waals surface area contributed by atoms with E-state index in [1.807, 2.05) is 20.8 Å². The maximum atomic E-state index is 10.6. The second-order valence-electron chi connectivity index (χ2n) is 7.28. The van der Waals surface area contributed by atoms with Crippen LogP contribution >= 0.6 is 0 Å². The van der Waals surface area contributed by atoms with Crippen molar-refractivity contribution >= 4 is 0 Å². The van der Waals surface area contributed by atoms with Gasteiger partial charge in [-0.3, -0.25) is 0 Å². The highest BCUT2D eigenvalue weighted by molar-refractivity contribution is 5.04. The molecule has 5 heteroatoms. The summed E-state index contributed by atoms with van der Waals surface area (Å²) in [5.74, 6) is 0.239. The Bertz CT molecular complexity index is 380. The third-order valence-corrected chi connectivity index (χ3v) is 4.92. The summed E-state index contributed by atoms with van der Waals surface area (Å²) in [6.45, 7) is 7.50. The summed E-state index contributed by atoms with van der Waals surface area (Å²) in [6, 6.07) is 0. The van der Waals surface area contributed by atoms with Gasteiger partial charge in [0.15, 0.2) is 6.29 Å². The molecule has 116 valence electrons. The van der Waals surface area contributed by atoms with Crippen molar-refractivity contribution in [2.45, 2.75) is 88.9 Å². The van der Waals surface area contributed by atoms with Crippen molar-refractivity contribution in [3.63, 3.8) is 0 Å². The molecule has 0 bridgehead atoms. The van der Waals surface area contributed by atoms with Crippen LogP contribution in [-0.2, 0) is 14.2 Å². The summed E-state index contributed by atoms with van der Waals surface area (Å²) in [5, 5.41) is 21.0. The van der Waals surface area contributed by atoms with E-state index in [1.165, 1.54) is 0 Å². The van der Waals surface area contributed by atoms with E-state index in [-0.39, 0.29) is 24.2 Å². The molecule has 0 spiro atoms. The van der Waals surface area contributed by atoms with Gasteiger partial charge in [-0.15, -0.1) is 0 Å². The molecule has 3 rings (SSSR count). The molecule has 3 aliphatic rings. The molecular weight excluding hydrogens is 260 g/mol. The number of rotatable bonds is 2. The fourth-order valence-electron chi connectivity index (χ4n) is 3.90. The Morgan fingerprint density at radius 3 is 2.35 bits per heavy atom. The topological polar surface area (TPSA) is 68.2 Å². The SMILES string of the molecule is CC1CC(C)(O)C(OC2CC(C)(O)C3CC3O2)C(C)O1. The fourth-order valence-corrected chi connectivity index (χ4v) is 3.90. The van der Waals surface area contributed by atoms with E-state index < -0.39 is 23.6 Å². The minimum Gasteiger partial charge on any atom is -0.390 e. The van der Waals surface area contributed by atoms with Gasteiger partial charge in [0.1, 0.15) is 6.10 Å². The van der Waals surface area contributed by atoms with Crippen LogP contribution in [0, 0.1) is 5.92 Å². The van der Waals surface area contributed by atoms with Gasteiger partial charge in [-0.1, -0.05) is 0 Å². The van der Waals surface area contributed by atoms with Crippen molar-refractivity contribution in [3.05, 3.63) is 0 Å². The van der Waals surface area contributed by atoms with Crippen LogP contribution in [0.1, 0.15) is 47.0 Å². The first-order chi connectivity index (χ1) is 9.19. The van der Waals surface area contributed by atoms with Crippen LogP contribution in [-0.4, -0.2) is 52.1 Å². The van der Waals surface area contributed by atoms with Gasteiger partial charge in [-0.05, 0) is 34.1 Å². The summed E-state index contributed by atoms with van der Waals surface area (Å²) in [6.07, 6.45) is 0.909. The van der Waals surface area contributed by atoms with Crippen molar-refractivity contribution in [3.8, 4) is 0 Å². The summed E-state index contributed by atoms with van der Waals surface area (Å²) in [4.78, 5) is 0. The zero-order valence-electron chi connectivity index (χ0n) is 12.7. The highest BCUT2D eigenvalue weighted by atomic mass is 16.7. The van der Waals surface area contributed by atoms with E-state index in [1.54, 1.807) is 6.92 Å². The van der Waals surface area contributed by atoms with Gasteiger partial charge < -0.3 is 24.4 Å². The molecule has 1 saturated carbocycles. The molecule has 0 aromatic heterocycles. The molecule has 8 unspecified atom stereocenters. The van der Waals surface area contributed by atoms with E-state index >= 15 is 0 Å². The van der Waals surface area contributed by atoms with Crippen LogP contribution < -0.4 is 0 Å². The first kappa shape index (κ1) is 14.7. The summed E-state index contributed by atoms with van der Waals surface area (Å²) >= 11 is 0. The Morgan fingerprint density at radius 2 is 1.75 bits per heavy atom. The molecule has 0 aromatic rings. The van der Waals surface area contributed by atoms with Crippen LogP contribution in [0.2, 0.25) is 0 Å². The van der Waals surface area contributed by atoms with Gasteiger partial charge in [0.25, 0.3) is 0 Å². The highest BCUT2D eigenvalue weighted by Crippen LogP contribution is 2.50. The zero-order valence-corrected chi connectivity index (χ0v) is 12.7. The van der Waals surface area contributed by atoms with Crippen molar-refractivity contribution < 1.29 is 24.4 Å².